The van der Waals surface area contributed by atoms with Crippen LogP contribution in [0.15, 0.2) is 24.3 Å². The van der Waals surface area contributed by atoms with Gasteiger partial charge in [0.15, 0.2) is 0 Å². The van der Waals surface area contributed by atoms with Crippen LogP contribution in [0.25, 0.3) is 0 Å². The molecule has 1 saturated carbocycles. The Labute approximate surface area is 102 Å². The largest absolute Gasteiger partial charge is 0.481 e. The van der Waals surface area contributed by atoms with Crippen LogP contribution in [-0.2, 0) is 4.79 Å². The zero-order valence-electron chi connectivity index (χ0n) is 10.1. The van der Waals surface area contributed by atoms with E-state index in [2.05, 4.69) is 12.1 Å². The SMILES string of the molecule is CC(N)C(CC(=O)O)c1ccc(C2CC2)cc1. The number of carbonyl (C=O) groups is 1. The summed E-state index contributed by atoms with van der Waals surface area (Å²) in [6.45, 7) is 1.86. The molecular weight excluding hydrogens is 214 g/mol. The molecule has 0 saturated heterocycles. The molecule has 2 rings (SSSR count). The van der Waals surface area contributed by atoms with Crippen molar-refractivity contribution in [3.63, 3.8) is 0 Å². The lowest BCUT2D eigenvalue weighted by Gasteiger charge is -2.19. The summed E-state index contributed by atoms with van der Waals surface area (Å²) >= 11 is 0. The van der Waals surface area contributed by atoms with E-state index in [-0.39, 0.29) is 18.4 Å². The Kier molecular flexibility index (Phi) is 3.48. The Bertz CT molecular complexity index is 393. The predicted octanol–water partition coefficient (Wildman–Crippen LogP) is 2.47. The number of rotatable bonds is 5. The maximum absolute atomic E-state index is 10.8. The van der Waals surface area contributed by atoms with Crippen LogP contribution in [0.2, 0.25) is 0 Å². The first-order valence-corrected chi connectivity index (χ1v) is 6.15. The number of carboxylic acids is 1. The molecule has 0 radical (unpaired) electrons. The van der Waals surface area contributed by atoms with Crippen LogP contribution < -0.4 is 5.73 Å². The first-order valence-electron chi connectivity index (χ1n) is 6.15. The molecule has 0 bridgehead atoms. The van der Waals surface area contributed by atoms with Gasteiger partial charge < -0.3 is 10.8 Å². The molecule has 92 valence electrons. The minimum absolute atomic E-state index is 0.0965. The smallest absolute Gasteiger partial charge is 0.304 e. The molecule has 1 aromatic carbocycles. The third kappa shape index (κ3) is 3.07. The molecule has 3 nitrogen and oxygen atoms in total. The lowest BCUT2D eigenvalue weighted by atomic mass is 9.89. The Morgan fingerprint density at radius 2 is 2.00 bits per heavy atom. The molecule has 1 aliphatic carbocycles. The highest BCUT2D eigenvalue weighted by Gasteiger charge is 2.24. The summed E-state index contributed by atoms with van der Waals surface area (Å²) in [5.74, 6) is -0.156. The standard InChI is InChI=1S/C14H19NO2/c1-9(15)13(8-14(16)17)12-6-4-11(5-7-12)10-2-3-10/h4-7,9-10,13H,2-3,8,15H2,1H3,(H,16,17). The highest BCUT2D eigenvalue weighted by Crippen LogP contribution is 2.40. The maximum atomic E-state index is 10.8. The average molecular weight is 233 g/mol. The summed E-state index contributed by atoms with van der Waals surface area (Å²) in [6.07, 6.45) is 2.66. The molecule has 2 unspecified atom stereocenters. The second-order valence-corrected chi connectivity index (χ2v) is 5.00. The van der Waals surface area contributed by atoms with Gasteiger partial charge in [0.25, 0.3) is 0 Å². The number of carboxylic acid groups (broad SMARTS) is 1. The van der Waals surface area contributed by atoms with E-state index < -0.39 is 5.97 Å². The van der Waals surface area contributed by atoms with Crippen LogP contribution in [0.1, 0.15) is 49.1 Å². The van der Waals surface area contributed by atoms with Crippen LogP contribution in [0.3, 0.4) is 0 Å². The van der Waals surface area contributed by atoms with Crippen LogP contribution in [0, 0.1) is 0 Å². The van der Waals surface area contributed by atoms with E-state index in [0.29, 0.717) is 0 Å². The lowest BCUT2D eigenvalue weighted by molar-refractivity contribution is -0.137. The van der Waals surface area contributed by atoms with Crippen molar-refractivity contribution in [2.24, 2.45) is 5.73 Å². The van der Waals surface area contributed by atoms with Gasteiger partial charge in [0.1, 0.15) is 0 Å². The Hall–Kier alpha value is -1.35. The molecule has 3 heteroatoms. The number of nitrogens with two attached hydrogens (primary N) is 1. The third-order valence-electron chi connectivity index (χ3n) is 3.44. The van der Waals surface area contributed by atoms with Crippen LogP contribution >= 0.6 is 0 Å². The molecule has 1 fully saturated rings. The van der Waals surface area contributed by atoms with Crippen LogP contribution in [0.5, 0.6) is 0 Å². The first-order chi connectivity index (χ1) is 8.08. The van der Waals surface area contributed by atoms with Crippen molar-refractivity contribution >= 4 is 5.97 Å². The van der Waals surface area contributed by atoms with Gasteiger partial charge >= 0.3 is 5.97 Å². The molecule has 0 aliphatic heterocycles. The monoisotopic (exact) mass is 233 g/mol. The van der Waals surface area contributed by atoms with Crippen molar-refractivity contribution in [1.82, 2.24) is 0 Å². The zero-order chi connectivity index (χ0) is 12.4. The molecule has 2 atom stereocenters. The third-order valence-corrected chi connectivity index (χ3v) is 3.44. The summed E-state index contributed by atoms with van der Waals surface area (Å²) in [6, 6.07) is 8.15. The summed E-state index contributed by atoms with van der Waals surface area (Å²) < 4.78 is 0. The van der Waals surface area contributed by atoms with Gasteiger partial charge in [-0.1, -0.05) is 24.3 Å². The Morgan fingerprint density at radius 3 is 2.41 bits per heavy atom. The van der Waals surface area contributed by atoms with Crippen molar-refractivity contribution in [3.05, 3.63) is 35.4 Å². The van der Waals surface area contributed by atoms with Gasteiger partial charge in [0.05, 0.1) is 6.42 Å². The van der Waals surface area contributed by atoms with E-state index in [1.807, 2.05) is 19.1 Å². The minimum Gasteiger partial charge on any atom is -0.481 e. The highest BCUT2D eigenvalue weighted by molar-refractivity contribution is 5.68. The van der Waals surface area contributed by atoms with E-state index in [1.54, 1.807) is 0 Å². The predicted molar refractivity (Wildman–Crippen MR) is 67.1 cm³/mol. The molecule has 0 aromatic heterocycles. The Balaban J connectivity index is 2.14. The summed E-state index contributed by atoms with van der Waals surface area (Å²) in [4.78, 5) is 10.8. The van der Waals surface area contributed by atoms with Gasteiger partial charge in [-0.25, -0.2) is 0 Å². The molecule has 0 spiro atoms. The van der Waals surface area contributed by atoms with E-state index in [4.69, 9.17) is 10.8 Å². The van der Waals surface area contributed by atoms with Crippen LogP contribution in [0.4, 0.5) is 0 Å². The van der Waals surface area contributed by atoms with Gasteiger partial charge in [-0.2, -0.15) is 0 Å². The summed E-state index contributed by atoms with van der Waals surface area (Å²) in [5.41, 5.74) is 8.27. The van der Waals surface area contributed by atoms with Crippen molar-refractivity contribution in [2.45, 2.75) is 44.1 Å². The zero-order valence-corrected chi connectivity index (χ0v) is 10.1. The molecular formula is C14H19NO2. The number of aliphatic carboxylic acids is 1. The second kappa shape index (κ2) is 4.88. The van der Waals surface area contributed by atoms with Gasteiger partial charge in [-0.3, -0.25) is 4.79 Å². The van der Waals surface area contributed by atoms with Gasteiger partial charge in [-0.05, 0) is 36.8 Å². The topological polar surface area (TPSA) is 63.3 Å². The quantitative estimate of drug-likeness (QED) is 0.821. The fourth-order valence-electron chi connectivity index (χ4n) is 2.23. The number of hydrogen-bond donors (Lipinski definition) is 2. The fraction of sp³-hybridized carbons (Fsp3) is 0.500. The molecule has 3 N–H and O–H groups in total. The van der Waals surface area contributed by atoms with Gasteiger partial charge in [-0.15, -0.1) is 0 Å². The van der Waals surface area contributed by atoms with E-state index in [0.717, 1.165) is 11.5 Å². The Morgan fingerprint density at radius 1 is 1.41 bits per heavy atom. The van der Waals surface area contributed by atoms with Gasteiger partial charge in [0, 0.05) is 12.0 Å². The second-order valence-electron chi connectivity index (χ2n) is 5.00. The average Bonchev–Trinajstić information content (AvgIpc) is 3.09. The van der Waals surface area contributed by atoms with Crippen LogP contribution in [-0.4, -0.2) is 17.1 Å². The van der Waals surface area contributed by atoms with Crippen molar-refractivity contribution in [2.75, 3.05) is 0 Å². The van der Waals surface area contributed by atoms with Gasteiger partial charge in [0.2, 0.25) is 0 Å². The maximum Gasteiger partial charge on any atom is 0.304 e. The molecule has 17 heavy (non-hydrogen) atoms. The lowest BCUT2D eigenvalue weighted by Crippen LogP contribution is -2.26. The first kappa shape index (κ1) is 12.1. The number of hydrogen-bond acceptors (Lipinski definition) is 2. The van der Waals surface area contributed by atoms with Crippen molar-refractivity contribution in [3.8, 4) is 0 Å². The normalized spacial score (nSPS) is 18.7. The van der Waals surface area contributed by atoms with E-state index in [1.165, 1.54) is 18.4 Å². The van der Waals surface area contributed by atoms with E-state index >= 15 is 0 Å². The molecule has 0 amide bonds. The highest BCUT2D eigenvalue weighted by atomic mass is 16.4. The number of benzene rings is 1. The molecule has 1 aromatic rings. The molecule has 1 aliphatic rings. The fourth-order valence-corrected chi connectivity index (χ4v) is 2.23. The van der Waals surface area contributed by atoms with Crippen molar-refractivity contribution < 1.29 is 9.90 Å². The molecule has 0 heterocycles. The minimum atomic E-state index is -0.793. The van der Waals surface area contributed by atoms with E-state index in [9.17, 15) is 4.79 Å². The summed E-state index contributed by atoms with van der Waals surface area (Å²) in [7, 11) is 0. The van der Waals surface area contributed by atoms with Crippen molar-refractivity contribution in [1.29, 1.82) is 0 Å². The summed E-state index contributed by atoms with van der Waals surface area (Å²) in [5, 5.41) is 8.89.